The summed E-state index contributed by atoms with van der Waals surface area (Å²) >= 11 is 1.71. The molecular formula is C19H28N4OS. The maximum atomic E-state index is 5.78. The molecule has 0 bridgehead atoms. The zero-order chi connectivity index (χ0) is 17.9. The van der Waals surface area contributed by atoms with Crippen LogP contribution in [0.1, 0.15) is 30.1 Å². The minimum atomic E-state index is 0.397. The second-order valence-electron chi connectivity index (χ2n) is 6.00. The molecule has 1 unspecified atom stereocenters. The molecule has 2 rings (SSSR count). The highest BCUT2D eigenvalue weighted by molar-refractivity contribution is 7.09. The number of thiazole rings is 1. The minimum Gasteiger partial charge on any atom is -0.376 e. The lowest BCUT2D eigenvalue weighted by atomic mass is 10.2. The number of aromatic nitrogens is 1. The molecule has 0 aliphatic carbocycles. The summed E-state index contributed by atoms with van der Waals surface area (Å²) in [5.74, 6) is 1.19. The van der Waals surface area contributed by atoms with Gasteiger partial charge in [-0.15, -0.1) is 11.3 Å². The van der Waals surface area contributed by atoms with Gasteiger partial charge in [0.2, 0.25) is 0 Å². The molecule has 0 aliphatic heterocycles. The molecular weight excluding hydrogens is 332 g/mol. The van der Waals surface area contributed by atoms with Crippen molar-refractivity contribution in [1.82, 2.24) is 15.6 Å². The second kappa shape index (κ2) is 10.8. The van der Waals surface area contributed by atoms with Crippen LogP contribution in [-0.4, -0.2) is 31.1 Å². The fourth-order valence-electron chi connectivity index (χ4n) is 2.27. The standard InChI is InChI=1S/C19H28N4OS/c1-4-18-23-17(14-25-18)11-22-19(20-3)21-10-15(2)12-24-13-16-8-6-5-7-9-16/h5-9,14-15H,4,10-13H2,1-3H3,(H2,20,21,22). The van der Waals surface area contributed by atoms with E-state index in [0.717, 1.165) is 24.6 Å². The van der Waals surface area contributed by atoms with E-state index in [2.05, 4.69) is 52.0 Å². The predicted molar refractivity (Wildman–Crippen MR) is 105 cm³/mol. The van der Waals surface area contributed by atoms with Gasteiger partial charge in [0.05, 0.1) is 30.5 Å². The molecule has 1 aromatic carbocycles. The van der Waals surface area contributed by atoms with E-state index in [-0.39, 0.29) is 0 Å². The fraction of sp³-hybridized carbons (Fsp3) is 0.474. The van der Waals surface area contributed by atoms with Crippen LogP contribution in [0.3, 0.4) is 0 Å². The quantitative estimate of drug-likeness (QED) is 0.532. The normalized spacial score (nSPS) is 12.8. The lowest BCUT2D eigenvalue weighted by molar-refractivity contribution is 0.0931. The molecule has 2 aromatic rings. The van der Waals surface area contributed by atoms with Gasteiger partial charge in [-0.1, -0.05) is 44.2 Å². The van der Waals surface area contributed by atoms with Crippen LogP contribution in [0.2, 0.25) is 0 Å². The Balaban J connectivity index is 1.63. The Bertz CT molecular complexity index is 642. The maximum Gasteiger partial charge on any atom is 0.191 e. The van der Waals surface area contributed by atoms with Crippen molar-refractivity contribution in [1.29, 1.82) is 0 Å². The number of aliphatic imine (C=N–C) groups is 1. The van der Waals surface area contributed by atoms with Crippen LogP contribution in [0, 0.1) is 5.92 Å². The summed E-state index contributed by atoms with van der Waals surface area (Å²) in [7, 11) is 1.78. The van der Waals surface area contributed by atoms with Gasteiger partial charge in [0.15, 0.2) is 5.96 Å². The number of aryl methyl sites for hydroxylation is 1. The summed E-state index contributed by atoms with van der Waals surface area (Å²) in [6.07, 6.45) is 0.984. The van der Waals surface area contributed by atoms with Crippen molar-refractivity contribution in [2.45, 2.75) is 33.4 Å². The number of benzene rings is 1. The Morgan fingerprint density at radius 1 is 1.28 bits per heavy atom. The first-order chi connectivity index (χ1) is 12.2. The molecule has 0 saturated carbocycles. The Morgan fingerprint density at radius 2 is 2.08 bits per heavy atom. The monoisotopic (exact) mass is 360 g/mol. The average molecular weight is 361 g/mol. The van der Waals surface area contributed by atoms with Gasteiger partial charge >= 0.3 is 0 Å². The number of rotatable bonds is 9. The van der Waals surface area contributed by atoms with Crippen LogP contribution in [0.4, 0.5) is 0 Å². The van der Waals surface area contributed by atoms with Crippen molar-refractivity contribution >= 4 is 17.3 Å². The highest BCUT2D eigenvalue weighted by atomic mass is 32.1. The number of hydrogen-bond acceptors (Lipinski definition) is 4. The van der Waals surface area contributed by atoms with Gasteiger partial charge in [-0.2, -0.15) is 0 Å². The first kappa shape index (κ1) is 19.4. The van der Waals surface area contributed by atoms with Gasteiger partial charge in [-0.3, -0.25) is 4.99 Å². The van der Waals surface area contributed by atoms with Crippen molar-refractivity contribution in [3.05, 3.63) is 52.0 Å². The molecule has 2 N–H and O–H groups in total. The van der Waals surface area contributed by atoms with Gasteiger partial charge < -0.3 is 15.4 Å². The lowest BCUT2D eigenvalue weighted by Gasteiger charge is -2.16. The van der Waals surface area contributed by atoms with Crippen LogP contribution < -0.4 is 10.6 Å². The molecule has 1 aromatic heterocycles. The molecule has 5 nitrogen and oxygen atoms in total. The largest absolute Gasteiger partial charge is 0.376 e. The first-order valence-corrected chi connectivity index (χ1v) is 9.58. The molecule has 0 aliphatic rings. The third kappa shape index (κ3) is 7.23. The van der Waals surface area contributed by atoms with E-state index < -0.39 is 0 Å². The van der Waals surface area contributed by atoms with Crippen molar-refractivity contribution in [3.8, 4) is 0 Å². The smallest absolute Gasteiger partial charge is 0.191 e. The third-order valence-electron chi connectivity index (χ3n) is 3.69. The third-order valence-corrected chi connectivity index (χ3v) is 4.74. The minimum absolute atomic E-state index is 0.397. The SMILES string of the molecule is CCc1nc(CNC(=NC)NCC(C)COCc2ccccc2)cs1. The molecule has 6 heteroatoms. The van der Waals surface area contributed by atoms with Crippen LogP contribution in [0.25, 0.3) is 0 Å². The first-order valence-electron chi connectivity index (χ1n) is 8.70. The van der Waals surface area contributed by atoms with E-state index in [0.29, 0.717) is 25.7 Å². The number of nitrogens with zero attached hydrogens (tertiary/aromatic N) is 2. The Morgan fingerprint density at radius 3 is 2.76 bits per heavy atom. The molecule has 0 radical (unpaired) electrons. The molecule has 1 heterocycles. The van der Waals surface area contributed by atoms with E-state index >= 15 is 0 Å². The zero-order valence-corrected chi connectivity index (χ0v) is 16.1. The van der Waals surface area contributed by atoms with Crippen molar-refractivity contribution in [2.24, 2.45) is 10.9 Å². The van der Waals surface area contributed by atoms with Crippen LogP contribution in [0.15, 0.2) is 40.7 Å². The Hall–Kier alpha value is -1.92. The topological polar surface area (TPSA) is 58.5 Å². The molecule has 25 heavy (non-hydrogen) atoms. The highest BCUT2D eigenvalue weighted by Gasteiger charge is 2.06. The van der Waals surface area contributed by atoms with E-state index in [9.17, 15) is 0 Å². The van der Waals surface area contributed by atoms with E-state index in [1.54, 1.807) is 18.4 Å². The fourth-order valence-corrected chi connectivity index (χ4v) is 3.01. The summed E-state index contributed by atoms with van der Waals surface area (Å²) in [6.45, 7) is 7.16. The van der Waals surface area contributed by atoms with Gasteiger partial charge in [0.1, 0.15) is 0 Å². The molecule has 0 saturated heterocycles. The summed E-state index contributed by atoms with van der Waals surface area (Å²) in [5, 5.41) is 9.91. The molecule has 1 atom stereocenters. The highest BCUT2D eigenvalue weighted by Crippen LogP contribution is 2.09. The molecule has 136 valence electrons. The predicted octanol–water partition coefficient (Wildman–Crippen LogP) is 3.22. The summed E-state index contributed by atoms with van der Waals surface area (Å²) in [6, 6.07) is 10.2. The maximum absolute atomic E-state index is 5.78. The van der Waals surface area contributed by atoms with Crippen molar-refractivity contribution < 1.29 is 4.74 Å². The number of nitrogens with one attached hydrogen (secondary N) is 2. The molecule has 0 fully saturated rings. The number of hydrogen-bond donors (Lipinski definition) is 2. The lowest BCUT2D eigenvalue weighted by Crippen LogP contribution is -2.39. The van der Waals surface area contributed by atoms with Gasteiger partial charge in [-0.05, 0) is 17.9 Å². The summed E-state index contributed by atoms with van der Waals surface area (Å²) in [5.41, 5.74) is 2.26. The van der Waals surface area contributed by atoms with Crippen LogP contribution in [-0.2, 0) is 24.3 Å². The zero-order valence-electron chi connectivity index (χ0n) is 15.3. The second-order valence-corrected chi connectivity index (χ2v) is 6.94. The molecule has 0 amide bonds. The van der Waals surface area contributed by atoms with Gasteiger partial charge in [0, 0.05) is 19.0 Å². The summed E-state index contributed by atoms with van der Waals surface area (Å²) < 4.78 is 5.78. The Labute approximate surface area is 154 Å². The Kier molecular flexibility index (Phi) is 8.42. The van der Waals surface area contributed by atoms with E-state index in [1.807, 2.05) is 18.2 Å². The number of guanidine groups is 1. The van der Waals surface area contributed by atoms with Crippen molar-refractivity contribution in [2.75, 3.05) is 20.2 Å². The van der Waals surface area contributed by atoms with Crippen molar-refractivity contribution in [3.63, 3.8) is 0 Å². The van der Waals surface area contributed by atoms with Gasteiger partial charge in [0.25, 0.3) is 0 Å². The van der Waals surface area contributed by atoms with Gasteiger partial charge in [-0.25, -0.2) is 4.98 Å². The van der Waals surface area contributed by atoms with Crippen LogP contribution in [0.5, 0.6) is 0 Å². The molecule has 0 spiro atoms. The van der Waals surface area contributed by atoms with E-state index in [4.69, 9.17) is 4.74 Å². The average Bonchev–Trinajstić information content (AvgIpc) is 3.11. The van der Waals surface area contributed by atoms with E-state index in [1.165, 1.54) is 10.6 Å². The number of ether oxygens (including phenoxy) is 1. The summed E-state index contributed by atoms with van der Waals surface area (Å²) in [4.78, 5) is 8.81. The van der Waals surface area contributed by atoms with Crippen LogP contribution >= 0.6 is 11.3 Å².